The molecule has 4 rings (SSSR count). The number of nitrogens with zero attached hydrogens (tertiary/aromatic N) is 1. The molecular formula is C27H22ClN3O2. The van der Waals surface area contributed by atoms with Crippen molar-refractivity contribution in [2.45, 2.75) is 13.3 Å². The quantitative estimate of drug-likeness (QED) is 0.283. The summed E-state index contributed by atoms with van der Waals surface area (Å²) in [6.45, 7) is 1.82. The molecule has 0 radical (unpaired) electrons. The van der Waals surface area contributed by atoms with Gasteiger partial charge >= 0.3 is 0 Å². The summed E-state index contributed by atoms with van der Waals surface area (Å²) in [5, 5.41) is 9.82. The predicted molar refractivity (Wildman–Crippen MR) is 134 cm³/mol. The summed E-state index contributed by atoms with van der Waals surface area (Å²) in [6.07, 6.45) is 0.244. The number of carbonyl (C=O) groups excluding carboxylic acids is 2. The number of anilines is 1. The smallest absolute Gasteiger partial charge is 0.255 e. The Morgan fingerprint density at radius 3 is 2.24 bits per heavy atom. The van der Waals surface area contributed by atoms with Crippen molar-refractivity contribution in [3.05, 3.63) is 113 Å². The van der Waals surface area contributed by atoms with Gasteiger partial charge in [0.2, 0.25) is 5.91 Å². The van der Waals surface area contributed by atoms with Crippen LogP contribution in [0.5, 0.6) is 0 Å². The van der Waals surface area contributed by atoms with Crippen LogP contribution >= 0.6 is 11.6 Å². The van der Waals surface area contributed by atoms with Gasteiger partial charge in [-0.3, -0.25) is 9.59 Å². The molecule has 0 fully saturated rings. The Hall–Kier alpha value is -3.96. The van der Waals surface area contributed by atoms with Crippen LogP contribution in [0.15, 0.2) is 96.1 Å². The van der Waals surface area contributed by atoms with Gasteiger partial charge in [-0.05, 0) is 65.2 Å². The molecule has 0 aliphatic rings. The molecule has 2 amide bonds. The van der Waals surface area contributed by atoms with Gasteiger partial charge in [0.25, 0.3) is 5.91 Å². The van der Waals surface area contributed by atoms with E-state index < -0.39 is 0 Å². The number of rotatable bonds is 6. The van der Waals surface area contributed by atoms with E-state index in [9.17, 15) is 9.59 Å². The molecule has 0 heterocycles. The van der Waals surface area contributed by atoms with Gasteiger partial charge in [-0.1, -0.05) is 66.2 Å². The second kappa shape index (κ2) is 10.1. The first-order valence-electron chi connectivity index (χ1n) is 10.5. The molecule has 2 N–H and O–H groups in total. The van der Waals surface area contributed by atoms with Crippen LogP contribution in [0.2, 0.25) is 5.02 Å². The summed E-state index contributed by atoms with van der Waals surface area (Å²) < 4.78 is 0. The molecule has 0 bridgehead atoms. The number of halogens is 1. The molecule has 5 nitrogen and oxygen atoms in total. The molecule has 0 atom stereocenters. The highest BCUT2D eigenvalue weighted by molar-refractivity contribution is 6.30. The maximum Gasteiger partial charge on any atom is 0.255 e. The average Bonchev–Trinajstić information content (AvgIpc) is 2.83. The van der Waals surface area contributed by atoms with E-state index in [-0.39, 0.29) is 18.2 Å². The summed E-state index contributed by atoms with van der Waals surface area (Å²) in [5.74, 6) is -0.400. The third kappa shape index (κ3) is 5.64. The van der Waals surface area contributed by atoms with Crippen molar-refractivity contribution < 1.29 is 9.59 Å². The molecule has 0 saturated carbocycles. The third-order valence-electron chi connectivity index (χ3n) is 5.25. The summed E-state index contributed by atoms with van der Waals surface area (Å²) in [6, 6.07) is 27.9. The van der Waals surface area contributed by atoms with Crippen molar-refractivity contribution in [2.75, 3.05) is 5.32 Å². The monoisotopic (exact) mass is 455 g/mol. The lowest BCUT2D eigenvalue weighted by Gasteiger charge is -2.08. The molecule has 0 aliphatic carbocycles. The van der Waals surface area contributed by atoms with Crippen molar-refractivity contribution in [1.29, 1.82) is 0 Å². The molecule has 4 aromatic rings. The van der Waals surface area contributed by atoms with Crippen LogP contribution in [0, 0.1) is 0 Å². The number of amides is 2. The standard InChI is InChI=1S/C27H22ClN3O2/c1-18(30-31-26(32)17-22-7-4-6-20-5-2-3-8-25(20)22)19-11-15-24(16-12-19)29-27(33)21-9-13-23(28)14-10-21/h2-16H,17H2,1H3,(H,29,33)(H,31,32)/b30-18-. The topological polar surface area (TPSA) is 70.6 Å². The van der Waals surface area contributed by atoms with Gasteiger partial charge in [-0.25, -0.2) is 5.43 Å². The number of benzene rings is 4. The zero-order valence-corrected chi connectivity index (χ0v) is 18.8. The first-order valence-corrected chi connectivity index (χ1v) is 10.8. The Kier molecular flexibility index (Phi) is 6.81. The minimum Gasteiger partial charge on any atom is -0.322 e. The van der Waals surface area contributed by atoms with Crippen molar-refractivity contribution in [3.8, 4) is 0 Å². The van der Waals surface area contributed by atoms with Gasteiger partial charge < -0.3 is 5.32 Å². The second-order valence-corrected chi connectivity index (χ2v) is 8.02. The Balaban J connectivity index is 1.37. The fourth-order valence-electron chi connectivity index (χ4n) is 3.47. The summed E-state index contributed by atoms with van der Waals surface area (Å²) in [4.78, 5) is 24.8. The van der Waals surface area contributed by atoms with E-state index in [1.165, 1.54) is 0 Å². The molecule has 0 spiro atoms. The van der Waals surface area contributed by atoms with Gasteiger partial charge in [0.15, 0.2) is 0 Å². The van der Waals surface area contributed by atoms with Crippen LogP contribution in [0.25, 0.3) is 10.8 Å². The highest BCUT2D eigenvalue weighted by Crippen LogP contribution is 2.19. The number of hydrazone groups is 1. The lowest BCUT2D eigenvalue weighted by Crippen LogP contribution is -2.21. The summed E-state index contributed by atoms with van der Waals surface area (Å²) >= 11 is 5.86. The highest BCUT2D eigenvalue weighted by atomic mass is 35.5. The molecule has 33 heavy (non-hydrogen) atoms. The molecule has 6 heteroatoms. The SMILES string of the molecule is C/C(=N/NC(=O)Cc1cccc2ccccc12)c1ccc(NC(=O)c2ccc(Cl)cc2)cc1. The largest absolute Gasteiger partial charge is 0.322 e. The first-order chi connectivity index (χ1) is 16.0. The number of hydrogen-bond acceptors (Lipinski definition) is 3. The Labute approximate surface area is 197 Å². The van der Waals surface area contributed by atoms with Gasteiger partial charge in [-0.2, -0.15) is 5.10 Å². The average molecular weight is 456 g/mol. The maximum atomic E-state index is 12.4. The van der Waals surface area contributed by atoms with Crippen LogP contribution in [-0.2, 0) is 11.2 Å². The van der Waals surface area contributed by atoms with Crippen LogP contribution in [0.1, 0.15) is 28.4 Å². The van der Waals surface area contributed by atoms with Crippen LogP contribution in [0.3, 0.4) is 0 Å². The Morgan fingerprint density at radius 2 is 1.48 bits per heavy atom. The van der Waals surface area contributed by atoms with E-state index in [4.69, 9.17) is 11.6 Å². The van der Waals surface area contributed by atoms with Crippen LogP contribution in [-0.4, -0.2) is 17.5 Å². The van der Waals surface area contributed by atoms with E-state index in [1.54, 1.807) is 36.4 Å². The molecule has 4 aromatic carbocycles. The fraction of sp³-hybridized carbons (Fsp3) is 0.0741. The predicted octanol–water partition coefficient (Wildman–Crippen LogP) is 5.83. The van der Waals surface area contributed by atoms with E-state index in [2.05, 4.69) is 15.8 Å². The van der Waals surface area contributed by atoms with Crippen LogP contribution in [0.4, 0.5) is 5.69 Å². The number of nitrogens with one attached hydrogen (secondary N) is 2. The summed E-state index contributed by atoms with van der Waals surface area (Å²) in [5.41, 5.74) is 6.28. The van der Waals surface area contributed by atoms with E-state index >= 15 is 0 Å². The van der Waals surface area contributed by atoms with Gasteiger partial charge in [-0.15, -0.1) is 0 Å². The number of fused-ring (bicyclic) bond motifs is 1. The molecular weight excluding hydrogens is 434 g/mol. The molecule has 164 valence electrons. The van der Waals surface area contributed by atoms with Gasteiger partial charge in [0.05, 0.1) is 12.1 Å². The van der Waals surface area contributed by atoms with Gasteiger partial charge in [0.1, 0.15) is 0 Å². The molecule has 0 aromatic heterocycles. The minimum atomic E-state index is -0.217. The van der Waals surface area contributed by atoms with Crippen molar-refractivity contribution in [2.24, 2.45) is 5.10 Å². The van der Waals surface area contributed by atoms with E-state index in [0.717, 1.165) is 21.9 Å². The van der Waals surface area contributed by atoms with Crippen LogP contribution < -0.4 is 10.7 Å². The highest BCUT2D eigenvalue weighted by Gasteiger charge is 2.08. The van der Waals surface area contributed by atoms with Crippen molar-refractivity contribution >= 4 is 45.6 Å². The molecule has 0 unspecified atom stereocenters. The molecule has 0 aliphatic heterocycles. The zero-order chi connectivity index (χ0) is 23.2. The first kappa shape index (κ1) is 22.2. The lowest BCUT2D eigenvalue weighted by atomic mass is 10.0. The maximum absolute atomic E-state index is 12.4. The summed E-state index contributed by atoms with van der Waals surface area (Å²) in [7, 11) is 0. The van der Waals surface area contributed by atoms with Crippen molar-refractivity contribution in [1.82, 2.24) is 5.43 Å². The fourth-order valence-corrected chi connectivity index (χ4v) is 3.60. The normalized spacial score (nSPS) is 11.3. The van der Waals surface area contributed by atoms with E-state index in [1.807, 2.05) is 61.5 Å². The second-order valence-electron chi connectivity index (χ2n) is 7.59. The Bertz CT molecular complexity index is 1320. The third-order valence-corrected chi connectivity index (χ3v) is 5.50. The minimum absolute atomic E-state index is 0.183. The number of carbonyl (C=O) groups is 2. The molecule has 0 saturated heterocycles. The van der Waals surface area contributed by atoms with Crippen molar-refractivity contribution in [3.63, 3.8) is 0 Å². The Morgan fingerprint density at radius 1 is 0.818 bits per heavy atom. The van der Waals surface area contributed by atoms with Gasteiger partial charge in [0, 0.05) is 16.3 Å². The zero-order valence-electron chi connectivity index (χ0n) is 18.0. The number of hydrogen-bond donors (Lipinski definition) is 2. The van der Waals surface area contributed by atoms with E-state index in [0.29, 0.717) is 22.0 Å². The lowest BCUT2D eigenvalue weighted by molar-refractivity contribution is -0.120.